The number of carbonyl (C=O) groups excluding carboxylic acids is 5. The van der Waals surface area contributed by atoms with E-state index in [0.29, 0.717) is 0 Å². The fraction of sp³-hybridized carbons (Fsp3) is 0.500. The first-order valence-electron chi connectivity index (χ1n) is 15.5. The molecule has 1 fully saturated rings. The summed E-state index contributed by atoms with van der Waals surface area (Å²) in [6.07, 6.45) is 1.36. The van der Waals surface area contributed by atoms with Gasteiger partial charge in [0.1, 0.15) is 24.2 Å². The topological polar surface area (TPSA) is 157 Å². The molecule has 10 nitrogen and oxygen atoms in total. The van der Waals surface area contributed by atoms with E-state index >= 15 is 0 Å². The fourth-order valence-electron chi connectivity index (χ4n) is 5.55. The highest BCUT2D eigenvalue weighted by Crippen LogP contribution is 2.29. The van der Waals surface area contributed by atoms with Gasteiger partial charge in [0.05, 0.1) is 12.8 Å². The molecule has 5 atom stereocenters. The molecule has 5 N–H and O–H groups in total. The maximum Gasteiger partial charge on any atom is 0.328 e. The van der Waals surface area contributed by atoms with Crippen molar-refractivity contribution in [2.75, 3.05) is 0 Å². The molecule has 0 saturated carbocycles. The highest BCUT2D eigenvalue weighted by Gasteiger charge is 2.38. The Hall–Kier alpha value is -4.21. The van der Waals surface area contributed by atoms with Crippen LogP contribution in [0, 0.1) is 11.8 Å². The van der Waals surface area contributed by atoms with E-state index in [4.69, 9.17) is 10.5 Å². The number of carbonyl (C=O) groups is 5. The molecule has 0 bridgehead atoms. The minimum absolute atomic E-state index is 0.00821. The lowest BCUT2D eigenvalue weighted by atomic mass is 9.84. The second kappa shape index (κ2) is 16.6. The summed E-state index contributed by atoms with van der Waals surface area (Å²) in [6, 6.07) is 14.9. The Kier molecular flexibility index (Phi) is 12.9. The average Bonchev–Trinajstić information content (AvgIpc) is 2.99. The Balaban J connectivity index is 2.12. The number of nitrogens with one attached hydrogen (secondary N) is 3. The van der Waals surface area contributed by atoms with Crippen LogP contribution in [0.15, 0.2) is 60.7 Å². The standard InChI is InChI=1S/C34H46N4O6/c1-5-6-13-22(4)27-20-29(40)38-31(30(23-14-9-7-10-15-23)24-16-11-8-12-17-24)33(42)36-25(19-28(35)39)32(41)37-26(18-21(2)3)34(43)44-27/h7-12,14-17,21-22,25-27,30-31H,5-6,13,18-20H2,1-4H3,(H2,35,39)(H,36,42)(H,37,41)(H,38,40)/t22-,25-,26+,27-,31-/m0/s1. The Bertz CT molecular complexity index is 1230. The van der Waals surface area contributed by atoms with Crippen LogP contribution in [0.25, 0.3) is 0 Å². The highest BCUT2D eigenvalue weighted by molar-refractivity contribution is 5.96. The SMILES string of the molecule is CCCC[C@H](C)[C@@H]1CC(=O)N[C@@H](C(c2ccccc2)c2ccccc2)C(=O)N[C@@H](CC(N)=O)C(=O)N[C@H](CC(C)C)C(=O)O1. The molecule has 4 amide bonds. The van der Waals surface area contributed by atoms with Gasteiger partial charge in [0, 0.05) is 5.92 Å². The van der Waals surface area contributed by atoms with Crippen molar-refractivity contribution in [1.29, 1.82) is 0 Å². The van der Waals surface area contributed by atoms with Crippen LogP contribution in [0.1, 0.15) is 83.3 Å². The summed E-state index contributed by atoms with van der Waals surface area (Å²) < 4.78 is 5.95. The quantitative estimate of drug-likeness (QED) is 0.288. The van der Waals surface area contributed by atoms with Crippen molar-refractivity contribution < 1.29 is 28.7 Å². The molecule has 0 aliphatic carbocycles. The van der Waals surface area contributed by atoms with Crippen LogP contribution in [0.3, 0.4) is 0 Å². The zero-order valence-electron chi connectivity index (χ0n) is 26.1. The molecule has 0 aromatic heterocycles. The third-order valence-electron chi connectivity index (χ3n) is 7.90. The highest BCUT2D eigenvalue weighted by atomic mass is 16.5. The van der Waals surface area contributed by atoms with Crippen molar-refractivity contribution in [3.8, 4) is 0 Å². The number of primary amides is 1. The smallest absolute Gasteiger partial charge is 0.328 e. The minimum Gasteiger partial charge on any atom is -0.460 e. The first-order chi connectivity index (χ1) is 21.0. The zero-order chi connectivity index (χ0) is 32.2. The van der Waals surface area contributed by atoms with Crippen molar-refractivity contribution in [3.63, 3.8) is 0 Å². The molecule has 1 saturated heterocycles. The molecule has 1 aliphatic rings. The van der Waals surface area contributed by atoms with Crippen molar-refractivity contribution in [2.45, 2.75) is 96.4 Å². The molecule has 3 rings (SSSR count). The second-order valence-corrected chi connectivity index (χ2v) is 12.1. The van der Waals surface area contributed by atoms with Crippen LogP contribution in [0.4, 0.5) is 0 Å². The lowest BCUT2D eigenvalue weighted by Gasteiger charge is -2.30. The summed E-state index contributed by atoms with van der Waals surface area (Å²) in [6.45, 7) is 7.79. The molecule has 2 aromatic rings. The van der Waals surface area contributed by atoms with Gasteiger partial charge in [-0.2, -0.15) is 0 Å². The summed E-state index contributed by atoms with van der Waals surface area (Å²) in [7, 11) is 0. The van der Waals surface area contributed by atoms with E-state index in [-0.39, 0.29) is 24.7 Å². The van der Waals surface area contributed by atoms with Crippen LogP contribution >= 0.6 is 0 Å². The number of esters is 1. The number of amides is 4. The number of rotatable bonds is 11. The van der Waals surface area contributed by atoms with E-state index in [1.54, 1.807) is 0 Å². The number of cyclic esters (lactones) is 1. The number of ether oxygens (including phenoxy) is 1. The molecule has 10 heteroatoms. The molecule has 0 unspecified atom stereocenters. The van der Waals surface area contributed by atoms with Gasteiger partial charge in [0.15, 0.2) is 0 Å². The van der Waals surface area contributed by atoms with Crippen molar-refractivity contribution in [1.82, 2.24) is 16.0 Å². The van der Waals surface area contributed by atoms with Gasteiger partial charge >= 0.3 is 5.97 Å². The third kappa shape index (κ3) is 9.92. The van der Waals surface area contributed by atoms with Crippen LogP contribution in [-0.4, -0.2) is 53.8 Å². The maximum atomic E-state index is 14.1. The van der Waals surface area contributed by atoms with Gasteiger partial charge in [-0.25, -0.2) is 4.79 Å². The van der Waals surface area contributed by atoms with Gasteiger partial charge in [-0.1, -0.05) is 101 Å². The Morgan fingerprint density at radius 3 is 1.95 bits per heavy atom. The predicted octanol–water partition coefficient (Wildman–Crippen LogP) is 3.34. The van der Waals surface area contributed by atoms with E-state index < -0.39 is 66.2 Å². The average molecular weight is 607 g/mol. The lowest BCUT2D eigenvalue weighted by Crippen LogP contribution is -2.57. The molecule has 2 aromatic carbocycles. The van der Waals surface area contributed by atoms with Gasteiger partial charge in [0.25, 0.3) is 0 Å². The van der Waals surface area contributed by atoms with Crippen molar-refractivity contribution in [2.24, 2.45) is 17.6 Å². The molecular weight excluding hydrogens is 560 g/mol. The number of benzene rings is 2. The lowest BCUT2D eigenvalue weighted by molar-refractivity contribution is -0.157. The number of hydrogen-bond acceptors (Lipinski definition) is 6. The normalized spacial score (nSPS) is 22.5. The van der Waals surface area contributed by atoms with Gasteiger partial charge in [-0.05, 0) is 35.8 Å². The van der Waals surface area contributed by atoms with E-state index in [2.05, 4.69) is 22.9 Å². The van der Waals surface area contributed by atoms with E-state index in [0.717, 1.165) is 30.4 Å². The van der Waals surface area contributed by atoms with E-state index in [1.165, 1.54) is 0 Å². The predicted molar refractivity (Wildman–Crippen MR) is 167 cm³/mol. The minimum atomic E-state index is -1.38. The summed E-state index contributed by atoms with van der Waals surface area (Å²) in [5.41, 5.74) is 6.99. The second-order valence-electron chi connectivity index (χ2n) is 12.1. The Morgan fingerprint density at radius 2 is 1.43 bits per heavy atom. The Labute approximate surface area is 259 Å². The van der Waals surface area contributed by atoms with Crippen LogP contribution in [0.5, 0.6) is 0 Å². The zero-order valence-corrected chi connectivity index (χ0v) is 26.1. The summed E-state index contributed by atoms with van der Waals surface area (Å²) >= 11 is 0. The Morgan fingerprint density at radius 1 is 0.864 bits per heavy atom. The molecule has 238 valence electrons. The van der Waals surface area contributed by atoms with Gasteiger partial charge < -0.3 is 26.4 Å². The molecule has 44 heavy (non-hydrogen) atoms. The summed E-state index contributed by atoms with van der Waals surface area (Å²) in [5.74, 6) is -4.15. The van der Waals surface area contributed by atoms with Gasteiger partial charge in [0.2, 0.25) is 23.6 Å². The molecule has 0 spiro atoms. The van der Waals surface area contributed by atoms with E-state index in [1.807, 2.05) is 81.4 Å². The number of nitrogens with two attached hydrogens (primary N) is 1. The van der Waals surface area contributed by atoms with E-state index in [9.17, 15) is 24.0 Å². The van der Waals surface area contributed by atoms with Crippen LogP contribution in [0.2, 0.25) is 0 Å². The number of unbranched alkanes of at least 4 members (excludes halogenated alkanes) is 1. The molecule has 1 heterocycles. The largest absolute Gasteiger partial charge is 0.460 e. The van der Waals surface area contributed by atoms with Gasteiger partial charge in [-0.3, -0.25) is 19.2 Å². The first-order valence-corrected chi connectivity index (χ1v) is 15.5. The van der Waals surface area contributed by atoms with Crippen LogP contribution < -0.4 is 21.7 Å². The summed E-state index contributed by atoms with van der Waals surface area (Å²) in [5, 5.41) is 8.25. The molecule has 1 aliphatic heterocycles. The maximum absolute atomic E-state index is 14.1. The molecule has 0 radical (unpaired) electrons. The van der Waals surface area contributed by atoms with Crippen molar-refractivity contribution >= 4 is 29.6 Å². The van der Waals surface area contributed by atoms with Gasteiger partial charge in [-0.15, -0.1) is 0 Å². The summed E-state index contributed by atoms with van der Waals surface area (Å²) in [4.78, 5) is 66.9. The first kappa shape index (κ1) is 34.3. The molecular formula is C34H46N4O6. The fourth-order valence-corrected chi connectivity index (χ4v) is 5.55. The van der Waals surface area contributed by atoms with Crippen molar-refractivity contribution in [3.05, 3.63) is 71.8 Å². The number of hydrogen-bond donors (Lipinski definition) is 4. The third-order valence-corrected chi connectivity index (χ3v) is 7.90. The van der Waals surface area contributed by atoms with Crippen LogP contribution in [-0.2, 0) is 28.7 Å². The monoisotopic (exact) mass is 606 g/mol.